The van der Waals surface area contributed by atoms with Crippen LogP contribution in [0.3, 0.4) is 0 Å². The lowest BCUT2D eigenvalue weighted by Crippen LogP contribution is -2.65. The third kappa shape index (κ3) is 5.17. The molecule has 180 valence electrons. The van der Waals surface area contributed by atoms with Gasteiger partial charge in [-0.1, -0.05) is 6.07 Å². The molecule has 3 aliphatic rings. The maximum Gasteiger partial charge on any atom is 0.407 e. The fourth-order valence-electron chi connectivity index (χ4n) is 6.05. The maximum atomic E-state index is 12.1. The van der Waals surface area contributed by atoms with Crippen LogP contribution in [0, 0.1) is 5.92 Å². The second-order valence-electron chi connectivity index (χ2n) is 11.2. The Morgan fingerprint density at radius 3 is 2.58 bits per heavy atom. The number of nitrogens with zero attached hydrogens (tertiary/aromatic N) is 2. The van der Waals surface area contributed by atoms with Crippen molar-refractivity contribution >= 4 is 33.2 Å². The van der Waals surface area contributed by atoms with Gasteiger partial charge >= 0.3 is 6.09 Å². The summed E-state index contributed by atoms with van der Waals surface area (Å²) in [4.78, 5) is 17.5. The smallest absolute Gasteiger partial charge is 0.407 e. The van der Waals surface area contributed by atoms with E-state index in [0.717, 1.165) is 31.3 Å². The van der Waals surface area contributed by atoms with Gasteiger partial charge in [0.15, 0.2) is 0 Å². The summed E-state index contributed by atoms with van der Waals surface area (Å²) < 4.78 is 6.83. The molecule has 2 saturated carbocycles. The van der Waals surface area contributed by atoms with E-state index in [1.165, 1.54) is 61.0 Å². The van der Waals surface area contributed by atoms with Crippen LogP contribution in [0.25, 0.3) is 10.1 Å². The van der Waals surface area contributed by atoms with Crippen molar-refractivity contribution in [1.29, 1.82) is 0 Å². The van der Waals surface area contributed by atoms with Gasteiger partial charge in [-0.25, -0.2) is 4.79 Å². The number of ether oxygens (including phenoxy) is 1. The van der Waals surface area contributed by atoms with Gasteiger partial charge < -0.3 is 15.0 Å². The number of piperazine rings is 1. The molecule has 0 bridgehead atoms. The van der Waals surface area contributed by atoms with Gasteiger partial charge in [0.2, 0.25) is 0 Å². The summed E-state index contributed by atoms with van der Waals surface area (Å²) >= 11 is 1.85. The fourth-order valence-corrected chi connectivity index (χ4v) is 6.85. The Morgan fingerprint density at radius 2 is 1.85 bits per heavy atom. The van der Waals surface area contributed by atoms with Crippen LogP contribution in [-0.4, -0.2) is 54.4 Å². The van der Waals surface area contributed by atoms with Crippen molar-refractivity contribution in [3.8, 4) is 0 Å². The Balaban J connectivity index is 1.09. The van der Waals surface area contributed by atoms with Crippen LogP contribution in [0.15, 0.2) is 29.6 Å². The van der Waals surface area contributed by atoms with Crippen molar-refractivity contribution in [2.75, 3.05) is 24.5 Å². The van der Waals surface area contributed by atoms with Crippen LogP contribution in [0.4, 0.5) is 10.5 Å². The van der Waals surface area contributed by atoms with Gasteiger partial charge in [-0.05, 0) is 102 Å². The van der Waals surface area contributed by atoms with Crippen molar-refractivity contribution in [3.63, 3.8) is 0 Å². The summed E-state index contributed by atoms with van der Waals surface area (Å²) in [7, 11) is 0. The number of hydrogen-bond acceptors (Lipinski definition) is 5. The van der Waals surface area contributed by atoms with Crippen molar-refractivity contribution in [2.45, 2.75) is 89.4 Å². The van der Waals surface area contributed by atoms with E-state index in [2.05, 4.69) is 44.8 Å². The first-order valence-electron chi connectivity index (χ1n) is 12.8. The van der Waals surface area contributed by atoms with E-state index >= 15 is 0 Å². The topological polar surface area (TPSA) is 44.8 Å². The molecular weight excluding hydrogens is 430 g/mol. The summed E-state index contributed by atoms with van der Waals surface area (Å²) in [6.45, 7) is 9.29. The molecule has 1 aromatic carbocycles. The highest BCUT2D eigenvalue weighted by Gasteiger charge is 2.43. The molecule has 2 unspecified atom stereocenters. The van der Waals surface area contributed by atoms with Gasteiger partial charge in [0.05, 0.1) is 0 Å². The van der Waals surface area contributed by atoms with Crippen molar-refractivity contribution in [2.24, 2.45) is 5.92 Å². The molecule has 2 aliphatic carbocycles. The first-order chi connectivity index (χ1) is 15.9. The van der Waals surface area contributed by atoms with E-state index in [9.17, 15) is 4.79 Å². The average molecular weight is 470 g/mol. The zero-order valence-electron chi connectivity index (χ0n) is 20.4. The second-order valence-corrected chi connectivity index (χ2v) is 12.2. The molecule has 1 N–H and O–H groups in total. The number of carbonyl (C=O) groups is 1. The second kappa shape index (κ2) is 9.46. The molecule has 33 heavy (non-hydrogen) atoms. The molecule has 2 aromatic rings. The van der Waals surface area contributed by atoms with Crippen LogP contribution in [0.5, 0.6) is 0 Å². The van der Waals surface area contributed by atoms with E-state index in [1.807, 2.05) is 32.1 Å². The van der Waals surface area contributed by atoms with Crippen molar-refractivity contribution in [3.05, 3.63) is 29.6 Å². The summed E-state index contributed by atoms with van der Waals surface area (Å²) in [5, 5.41) is 6.73. The number of hydrogen-bond donors (Lipinski definition) is 1. The quantitative estimate of drug-likeness (QED) is 0.581. The van der Waals surface area contributed by atoms with Crippen LogP contribution in [0.1, 0.15) is 65.7 Å². The molecule has 1 saturated heterocycles. The molecule has 0 radical (unpaired) electrons. The number of anilines is 1. The predicted octanol–water partition coefficient (Wildman–Crippen LogP) is 6.03. The minimum absolute atomic E-state index is 0.266. The molecule has 2 heterocycles. The van der Waals surface area contributed by atoms with E-state index in [1.54, 1.807) is 0 Å². The van der Waals surface area contributed by atoms with Crippen LogP contribution >= 0.6 is 11.3 Å². The number of thiophene rings is 1. The standard InChI is InChI=1S/C27H39N3O2S/c1-27(2,3)32-26(31)28-20-9-7-19(8-10-20)13-15-29-16-17-30(24-12-11-23(24)29)22-5-4-6-25-21(22)14-18-33-25/h4-6,14,18-20,23-24H,7-13,15-17H2,1-3H3,(H,28,31). The van der Waals surface area contributed by atoms with Gasteiger partial charge in [-0.15, -0.1) is 11.3 Å². The first-order valence-corrected chi connectivity index (χ1v) is 13.7. The molecule has 1 aromatic heterocycles. The molecule has 6 heteroatoms. The van der Waals surface area contributed by atoms with Gasteiger partial charge in [0, 0.05) is 47.0 Å². The molecule has 2 atom stereocenters. The number of benzene rings is 1. The summed E-state index contributed by atoms with van der Waals surface area (Å²) in [6, 6.07) is 10.8. The van der Waals surface area contributed by atoms with E-state index in [4.69, 9.17) is 4.74 Å². The summed E-state index contributed by atoms with van der Waals surface area (Å²) in [5.41, 5.74) is 1.01. The van der Waals surface area contributed by atoms with Crippen molar-refractivity contribution < 1.29 is 9.53 Å². The molecule has 5 nitrogen and oxygen atoms in total. The Bertz CT molecular complexity index is 960. The zero-order valence-corrected chi connectivity index (χ0v) is 21.2. The van der Waals surface area contributed by atoms with E-state index in [0.29, 0.717) is 6.04 Å². The van der Waals surface area contributed by atoms with Crippen LogP contribution in [0.2, 0.25) is 0 Å². The monoisotopic (exact) mass is 469 g/mol. The predicted molar refractivity (Wildman–Crippen MR) is 137 cm³/mol. The van der Waals surface area contributed by atoms with Crippen LogP contribution in [-0.2, 0) is 4.74 Å². The number of amides is 1. The largest absolute Gasteiger partial charge is 0.444 e. The molecule has 0 spiro atoms. The highest BCUT2D eigenvalue weighted by Crippen LogP contribution is 2.40. The van der Waals surface area contributed by atoms with Gasteiger partial charge in [-0.2, -0.15) is 0 Å². The molecule has 1 amide bonds. The van der Waals surface area contributed by atoms with Gasteiger partial charge in [-0.3, -0.25) is 4.90 Å². The number of rotatable bonds is 5. The Hall–Kier alpha value is -1.79. The zero-order chi connectivity index (χ0) is 23.0. The molecule has 5 rings (SSSR count). The third-order valence-corrected chi connectivity index (χ3v) is 8.76. The number of nitrogens with one attached hydrogen (secondary N) is 1. The molecule has 3 fully saturated rings. The Kier molecular flexibility index (Phi) is 6.58. The molecular formula is C27H39N3O2S. The average Bonchev–Trinajstić information content (AvgIpc) is 3.21. The lowest BCUT2D eigenvalue weighted by atomic mass is 9.80. The fraction of sp³-hybridized carbons (Fsp3) is 0.667. The van der Waals surface area contributed by atoms with E-state index in [-0.39, 0.29) is 12.1 Å². The van der Waals surface area contributed by atoms with Gasteiger partial charge in [0.1, 0.15) is 5.60 Å². The first kappa shape index (κ1) is 23.0. The minimum atomic E-state index is -0.430. The normalized spacial score (nSPS) is 28.3. The highest BCUT2D eigenvalue weighted by molar-refractivity contribution is 7.17. The minimum Gasteiger partial charge on any atom is -0.444 e. The summed E-state index contributed by atoms with van der Waals surface area (Å²) in [5.74, 6) is 0.790. The molecule has 1 aliphatic heterocycles. The number of carbonyl (C=O) groups excluding carboxylic acids is 1. The van der Waals surface area contributed by atoms with E-state index < -0.39 is 5.60 Å². The number of fused-ring (bicyclic) bond motifs is 2. The SMILES string of the molecule is CC(C)(C)OC(=O)NC1CCC(CCN2CCN(c3cccc4sccc34)C3CCC32)CC1. The maximum absolute atomic E-state index is 12.1. The Morgan fingerprint density at radius 1 is 1.06 bits per heavy atom. The van der Waals surface area contributed by atoms with Gasteiger partial charge in [0.25, 0.3) is 0 Å². The third-order valence-electron chi connectivity index (χ3n) is 7.87. The Labute approximate surface area is 202 Å². The number of alkyl carbamates (subject to hydrolysis) is 1. The van der Waals surface area contributed by atoms with Crippen LogP contribution < -0.4 is 10.2 Å². The highest BCUT2D eigenvalue weighted by atomic mass is 32.1. The lowest BCUT2D eigenvalue weighted by Gasteiger charge is -2.55. The summed E-state index contributed by atoms with van der Waals surface area (Å²) in [6.07, 6.45) is 8.28. The van der Waals surface area contributed by atoms with Crippen molar-refractivity contribution in [1.82, 2.24) is 10.2 Å². The lowest BCUT2D eigenvalue weighted by molar-refractivity contribution is 0.0477.